The Morgan fingerprint density at radius 1 is 1.25 bits per heavy atom. The molecule has 1 heterocycles. The van der Waals surface area contributed by atoms with Gasteiger partial charge in [0.05, 0.1) is 11.6 Å². The second-order valence-electron chi connectivity index (χ2n) is 4.54. The van der Waals surface area contributed by atoms with E-state index in [1.165, 1.54) is 10.6 Å². The summed E-state index contributed by atoms with van der Waals surface area (Å²) in [6.07, 6.45) is 3.06. The van der Waals surface area contributed by atoms with Crippen LogP contribution in [0.2, 0.25) is 0 Å². The predicted octanol–water partition coefficient (Wildman–Crippen LogP) is 3.86. The monoisotopic (exact) mass is 290 g/mol. The zero-order chi connectivity index (χ0) is 14.2. The summed E-state index contributed by atoms with van der Waals surface area (Å²) in [4.78, 5) is 3.26. The molecule has 2 rings (SSSR count). The molecule has 3 nitrogen and oxygen atoms in total. The van der Waals surface area contributed by atoms with Crippen molar-refractivity contribution in [2.24, 2.45) is 0 Å². The van der Waals surface area contributed by atoms with Crippen molar-refractivity contribution < 1.29 is 4.74 Å². The third-order valence-corrected chi connectivity index (χ3v) is 4.36. The summed E-state index contributed by atoms with van der Waals surface area (Å²) >= 11 is 1.87. The smallest absolute Gasteiger partial charge is 0.119 e. The molecule has 1 unspecified atom stereocenters. The van der Waals surface area contributed by atoms with E-state index >= 15 is 0 Å². The Balaban J connectivity index is 2.08. The highest BCUT2D eigenvalue weighted by atomic mass is 32.2. The molecular formula is C16H22N2OS. The molecule has 0 radical (unpaired) electrons. The van der Waals surface area contributed by atoms with Crippen LogP contribution in [0.1, 0.15) is 24.2 Å². The van der Waals surface area contributed by atoms with Gasteiger partial charge in [-0.25, -0.2) is 0 Å². The quantitative estimate of drug-likeness (QED) is 0.725. The zero-order valence-electron chi connectivity index (χ0n) is 12.1. The van der Waals surface area contributed by atoms with Gasteiger partial charge in [0.2, 0.25) is 0 Å². The zero-order valence-corrected chi connectivity index (χ0v) is 12.9. The SMILES string of the molecule is CCOc1ccc(C(CCNC)Sc2ccc[nH]2)cc1. The maximum Gasteiger partial charge on any atom is 0.119 e. The second-order valence-corrected chi connectivity index (χ2v) is 5.78. The molecule has 0 aliphatic carbocycles. The van der Waals surface area contributed by atoms with Crippen LogP contribution in [-0.2, 0) is 0 Å². The van der Waals surface area contributed by atoms with E-state index in [-0.39, 0.29) is 0 Å². The minimum Gasteiger partial charge on any atom is -0.494 e. The van der Waals surface area contributed by atoms with Crippen molar-refractivity contribution in [3.8, 4) is 5.75 Å². The van der Waals surface area contributed by atoms with Gasteiger partial charge in [-0.1, -0.05) is 12.1 Å². The van der Waals surface area contributed by atoms with Crippen molar-refractivity contribution in [3.63, 3.8) is 0 Å². The fraction of sp³-hybridized carbons (Fsp3) is 0.375. The molecule has 0 bridgehead atoms. The third kappa shape index (κ3) is 4.32. The van der Waals surface area contributed by atoms with E-state index in [0.29, 0.717) is 11.9 Å². The summed E-state index contributed by atoms with van der Waals surface area (Å²) in [6.45, 7) is 3.72. The molecule has 20 heavy (non-hydrogen) atoms. The number of hydrogen-bond donors (Lipinski definition) is 2. The summed E-state index contributed by atoms with van der Waals surface area (Å²) in [6, 6.07) is 12.6. The number of benzene rings is 1. The van der Waals surface area contributed by atoms with Crippen molar-refractivity contribution in [1.82, 2.24) is 10.3 Å². The van der Waals surface area contributed by atoms with E-state index in [1.807, 2.05) is 38.0 Å². The van der Waals surface area contributed by atoms with Gasteiger partial charge in [0.15, 0.2) is 0 Å². The van der Waals surface area contributed by atoms with Gasteiger partial charge in [-0.15, -0.1) is 11.8 Å². The number of aromatic nitrogens is 1. The molecule has 1 aromatic carbocycles. The summed E-state index contributed by atoms with van der Waals surface area (Å²) in [5.41, 5.74) is 1.34. The van der Waals surface area contributed by atoms with Crippen LogP contribution in [-0.4, -0.2) is 25.2 Å². The molecule has 0 spiro atoms. The summed E-state index contributed by atoms with van der Waals surface area (Å²) in [5, 5.41) is 4.88. The Bertz CT molecular complexity index is 482. The average Bonchev–Trinajstić information content (AvgIpc) is 2.98. The van der Waals surface area contributed by atoms with E-state index in [0.717, 1.165) is 18.7 Å². The molecule has 1 aromatic heterocycles. The van der Waals surface area contributed by atoms with E-state index in [4.69, 9.17) is 4.74 Å². The Morgan fingerprint density at radius 3 is 2.65 bits per heavy atom. The van der Waals surface area contributed by atoms with Crippen LogP contribution in [0, 0.1) is 0 Å². The maximum atomic E-state index is 5.50. The van der Waals surface area contributed by atoms with Crippen molar-refractivity contribution in [2.45, 2.75) is 23.6 Å². The number of thioether (sulfide) groups is 1. The van der Waals surface area contributed by atoms with Crippen molar-refractivity contribution >= 4 is 11.8 Å². The molecule has 2 aromatic rings. The number of hydrogen-bond acceptors (Lipinski definition) is 3. The van der Waals surface area contributed by atoms with Crippen LogP contribution in [0.15, 0.2) is 47.6 Å². The molecule has 0 fully saturated rings. The van der Waals surface area contributed by atoms with Gasteiger partial charge in [-0.3, -0.25) is 0 Å². The van der Waals surface area contributed by atoms with Crippen LogP contribution in [0.5, 0.6) is 5.75 Å². The van der Waals surface area contributed by atoms with Gasteiger partial charge in [-0.2, -0.15) is 0 Å². The first-order valence-corrected chi connectivity index (χ1v) is 7.89. The Hall–Kier alpha value is -1.39. The van der Waals surface area contributed by atoms with Crippen molar-refractivity contribution in [3.05, 3.63) is 48.2 Å². The Kier molecular flexibility index (Phi) is 6.02. The molecule has 2 N–H and O–H groups in total. The van der Waals surface area contributed by atoms with Crippen LogP contribution >= 0.6 is 11.8 Å². The maximum absolute atomic E-state index is 5.50. The third-order valence-electron chi connectivity index (χ3n) is 3.06. The number of rotatable bonds is 8. The molecule has 0 amide bonds. The number of aromatic amines is 1. The molecule has 108 valence electrons. The average molecular weight is 290 g/mol. The first-order chi connectivity index (χ1) is 9.83. The molecular weight excluding hydrogens is 268 g/mol. The molecule has 4 heteroatoms. The van der Waals surface area contributed by atoms with E-state index in [2.05, 4.69) is 40.6 Å². The lowest BCUT2D eigenvalue weighted by atomic mass is 10.1. The summed E-state index contributed by atoms with van der Waals surface area (Å²) in [5.74, 6) is 0.938. The molecule has 0 saturated carbocycles. The minimum absolute atomic E-state index is 0.441. The van der Waals surface area contributed by atoms with Gasteiger partial charge < -0.3 is 15.0 Å². The van der Waals surface area contributed by atoms with Gasteiger partial charge >= 0.3 is 0 Å². The molecule has 0 aliphatic heterocycles. The number of H-pyrrole nitrogens is 1. The lowest BCUT2D eigenvalue weighted by Crippen LogP contribution is -2.10. The normalized spacial score (nSPS) is 12.3. The number of ether oxygens (including phenoxy) is 1. The highest BCUT2D eigenvalue weighted by molar-refractivity contribution is 7.99. The fourth-order valence-corrected chi connectivity index (χ4v) is 3.18. The second kappa shape index (κ2) is 8.02. The standard InChI is InChI=1S/C16H22N2OS/c1-3-19-14-8-6-13(7-9-14)15(10-12-17-2)20-16-5-4-11-18-16/h4-9,11,15,17-18H,3,10,12H2,1-2H3. The molecule has 0 aliphatic rings. The lowest BCUT2D eigenvalue weighted by molar-refractivity contribution is 0.340. The number of nitrogens with one attached hydrogen (secondary N) is 2. The topological polar surface area (TPSA) is 37.0 Å². The Labute approximate surface area is 125 Å². The van der Waals surface area contributed by atoms with Crippen molar-refractivity contribution in [1.29, 1.82) is 0 Å². The van der Waals surface area contributed by atoms with E-state index < -0.39 is 0 Å². The van der Waals surface area contributed by atoms with Crippen LogP contribution < -0.4 is 10.1 Å². The highest BCUT2D eigenvalue weighted by Gasteiger charge is 2.13. The van der Waals surface area contributed by atoms with E-state index in [1.54, 1.807) is 0 Å². The van der Waals surface area contributed by atoms with Gasteiger partial charge in [0.1, 0.15) is 5.75 Å². The summed E-state index contributed by atoms with van der Waals surface area (Å²) in [7, 11) is 1.99. The largest absolute Gasteiger partial charge is 0.494 e. The van der Waals surface area contributed by atoms with Gasteiger partial charge in [-0.05, 0) is 56.8 Å². The van der Waals surface area contributed by atoms with Gasteiger partial charge in [0.25, 0.3) is 0 Å². The highest BCUT2D eigenvalue weighted by Crippen LogP contribution is 2.37. The lowest BCUT2D eigenvalue weighted by Gasteiger charge is -2.16. The van der Waals surface area contributed by atoms with Crippen molar-refractivity contribution in [2.75, 3.05) is 20.2 Å². The predicted molar refractivity (Wildman–Crippen MR) is 85.5 cm³/mol. The van der Waals surface area contributed by atoms with E-state index in [9.17, 15) is 0 Å². The Morgan fingerprint density at radius 2 is 2.05 bits per heavy atom. The van der Waals surface area contributed by atoms with Crippen LogP contribution in [0.4, 0.5) is 0 Å². The van der Waals surface area contributed by atoms with Gasteiger partial charge in [0, 0.05) is 11.4 Å². The molecule has 1 atom stereocenters. The fourth-order valence-electron chi connectivity index (χ4n) is 2.05. The molecule has 0 saturated heterocycles. The van der Waals surface area contributed by atoms with Crippen LogP contribution in [0.25, 0.3) is 0 Å². The minimum atomic E-state index is 0.441. The summed E-state index contributed by atoms with van der Waals surface area (Å²) < 4.78 is 5.50. The first-order valence-electron chi connectivity index (χ1n) is 7.01. The first kappa shape index (κ1) is 15.0. The van der Waals surface area contributed by atoms with Crippen LogP contribution in [0.3, 0.4) is 0 Å².